The average molecular weight is 597 g/mol. The van der Waals surface area contributed by atoms with E-state index in [1.807, 2.05) is 36.4 Å². The van der Waals surface area contributed by atoms with Gasteiger partial charge in [0.1, 0.15) is 12.2 Å². The van der Waals surface area contributed by atoms with Gasteiger partial charge in [-0.3, -0.25) is 4.79 Å². The van der Waals surface area contributed by atoms with Crippen LogP contribution in [0, 0.1) is 0 Å². The van der Waals surface area contributed by atoms with Crippen molar-refractivity contribution in [2.24, 2.45) is 5.10 Å². The molecule has 0 bridgehead atoms. The van der Waals surface area contributed by atoms with Crippen LogP contribution in [-0.2, 0) is 6.61 Å². The van der Waals surface area contributed by atoms with Crippen molar-refractivity contribution in [2.75, 3.05) is 0 Å². The molecule has 0 spiro atoms. The molecule has 0 aliphatic rings. The largest absolute Gasteiger partial charge is 0.486 e. The Bertz CT molecular complexity index is 1300. The van der Waals surface area contributed by atoms with Crippen molar-refractivity contribution < 1.29 is 13.9 Å². The highest BCUT2D eigenvalue weighted by Gasteiger charge is 2.12. The number of carbonyl (C=O) groups is 1. The van der Waals surface area contributed by atoms with Gasteiger partial charge >= 0.3 is 5.91 Å². The first-order valence-electron chi connectivity index (χ1n) is 9.28. The van der Waals surface area contributed by atoms with E-state index < -0.39 is 5.91 Å². The molecule has 0 unspecified atom stereocenters. The quantitative estimate of drug-likeness (QED) is 0.184. The molecule has 0 aliphatic carbocycles. The standard InChI is InChI=1S/C23H14Br2Cl2N2O3/c24-16-3-1-13(2-4-16)12-31-22-18(26)7-14(8-19(22)27)11-28-29-23(30)21-10-15-9-17(25)5-6-20(15)32-21/h1-11H,12H2,(H,29,30)/b28-11+. The summed E-state index contributed by atoms with van der Waals surface area (Å²) in [4.78, 5) is 12.3. The second-order valence-corrected chi connectivity index (χ2v) is 9.37. The fourth-order valence-electron chi connectivity index (χ4n) is 2.87. The van der Waals surface area contributed by atoms with Crippen molar-refractivity contribution in [3.8, 4) is 5.75 Å². The third kappa shape index (κ3) is 5.53. The van der Waals surface area contributed by atoms with Gasteiger partial charge in [0, 0.05) is 14.3 Å². The summed E-state index contributed by atoms with van der Waals surface area (Å²) in [7, 11) is 0. The van der Waals surface area contributed by atoms with E-state index in [9.17, 15) is 4.79 Å². The summed E-state index contributed by atoms with van der Waals surface area (Å²) in [6.45, 7) is 0.324. The van der Waals surface area contributed by atoms with E-state index in [1.54, 1.807) is 24.3 Å². The Morgan fingerprint density at radius 1 is 1.00 bits per heavy atom. The first-order valence-corrected chi connectivity index (χ1v) is 11.6. The highest BCUT2D eigenvalue weighted by atomic mass is 79.9. The number of hydrogen-bond donors (Lipinski definition) is 1. The average Bonchev–Trinajstić information content (AvgIpc) is 3.18. The SMILES string of the molecule is O=C(N/N=C/c1cc(Cl)c(OCc2ccc(Br)cc2)c(Cl)c1)c1cc2cc(Br)ccc2o1. The van der Waals surface area contributed by atoms with E-state index in [0.29, 0.717) is 33.5 Å². The van der Waals surface area contributed by atoms with E-state index in [2.05, 4.69) is 42.4 Å². The minimum atomic E-state index is -0.472. The Balaban J connectivity index is 1.41. The Labute approximate surface area is 210 Å². The predicted octanol–water partition coefficient (Wildman–Crippen LogP) is 7.61. The van der Waals surface area contributed by atoms with E-state index >= 15 is 0 Å². The maximum atomic E-state index is 12.3. The molecule has 0 aliphatic heterocycles. The Morgan fingerprint density at radius 3 is 2.41 bits per heavy atom. The van der Waals surface area contributed by atoms with Gasteiger partial charge in [0.25, 0.3) is 0 Å². The lowest BCUT2D eigenvalue weighted by Crippen LogP contribution is -2.16. The summed E-state index contributed by atoms with van der Waals surface area (Å²) in [6, 6.07) is 18.2. The lowest BCUT2D eigenvalue weighted by Gasteiger charge is -2.11. The molecule has 5 nitrogen and oxygen atoms in total. The number of halogens is 4. The minimum Gasteiger partial charge on any atom is -0.486 e. The van der Waals surface area contributed by atoms with E-state index in [-0.39, 0.29) is 5.76 Å². The number of rotatable bonds is 6. The third-order valence-corrected chi connectivity index (χ3v) is 5.98. The third-order valence-electron chi connectivity index (χ3n) is 4.40. The normalized spacial score (nSPS) is 11.2. The van der Waals surface area contributed by atoms with Crippen LogP contribution < -0.4 is 10.2 Å². The highest BCUT2D eigenvalue weighted by Crippen LogP contribution is 2.34. The molecular weight excluding hydrogens is 583 g/mol. The molecule has 32 heavy (non-hydrogen) atoms. The molecule has 4 aromatic rings. The smallest absolute Gasteiger partial charge is 0.307 e. The van der Waals surface area contributed by atoms with Gasteiger partial charge in [0.2, 0.25) is 0 Å². The lowest BCUT2D eigenvalue weighted by atomic mass is 10.2. The van der Waals surface area contributed by atoms with E-state index in [1.165, 1.54) is 6.21 Å². The van der Waals surface area contributed by atoms with Gasteiger partial charge in [0.05, 0.1) is 16.3 Å². The number of hydrogen-bond acceptors (Lipinski definition) is 4. The highest BCUT2D eigenvalue weighted by molar-refractivity contribution is 9.10. The molecule has 0 saturated carbocycles. The summed E-state index contributed by atoms with van der Waals surface area (Å²) >= 11 is 19.5. The molecule has 0 fully saturated rings. The second-order valence-electron chi connectivity index (χ2n) is 6.72. The molecule has 9 heteroatoms. The van der Waals surface area contributed by atoms with Crippen LogP contribution in [0.1, 0.15) is 21.7 Å². The maximum Gasteiger partial charge on any atom is 0.307 e. The fraction of sp³-hybridized carbons (Fsp3) is 0.0435. The van der Waals surface area contributed by atoms with E-state index in [0.717, 1.165) is 19.9 Å². The van der Waals surface area contributed by atoms with Crippen LogP contribution in [0.4, 0.5) is 0 Å². The Morgan fingerprint density at radius 2 is 1.69 bits per heavy atom. The molecule has 1 amide bonds. The zero-order valence-electron chi connectivity index (χ0n) is 16.2. The number of benzene rings is 3. The number of ether oxygens (including phenoxy) is 1. The van der Waals surface area contributed by atoms with Gasteiger partial charge in [-0.25, -0.2) is 5.43 Å². The van der Waals surface area contributed by atoms with Crippen molar-refractivity contribution in [3.63, 3.8) is 0 Å². The first kappa shape index (κ1) is 22.9. The molecule has 0 saturated heterocycles. The monoisotopic (exact) mass is 594 g/mol. The molecule has 1 aromatic heterocycles. The topological polar surface area (TPSA) is 63.8 Å². The van der Waals surface area contributed by atoms with Crippen molar-refractivity contribution in [3.05, 3.63) is 96.5 Å². The number of hydrazone groups is 1. The van der Waals surface area contributed by atoms with Crippen LogP contribution in [0.5, 0.6) is 5.75 Å². The summed E-state index contributed by atoms with van der Waals surface area (Å²) in [5.41, 5.74) is 4.62. The number of amides is 1. The van der Waals surface area contributed by atoms with Crippen molar-refractivity contribution >= 4 is 78.2 Å². The lowest BCUT2D eigenvalue weighted by molar-refractivity contribution is 0.0929. The number of nitrogens with one attached hydrogen (secondary N) is 1. The number of nitrogens with zero attached hydrogens (tertiary/aromatic N) is 1. The number of furan rings is 1. The summed E-state index contributed by atoms with van der Waals surface area (Å²) in [6.07, 6.45) is 1.44. The van der Waals surface area contributed by atoms with Gasteiger partial charge < -0.3 is 9.15 Å². The van der Waals surface area contributed by atoms with Crippen molar-refractivity contribution in [1.29, 1.82) is 0 Å². The van der Waals surface area contributed by atoms with Crippen LogP contribution in [0.3, 0.4) is 0 Å². The molecule has 4 rings (SSSR count). The van der Waals surface area contributed by atoms with Crippen LogP contribution in [0.25, 0.3) is 11.0 Å². The second kappa shape index (κ2) is 10.1. The maximum absolute atomic E-state index is 12.3. The molecule has 3 aromatic carbocycles. The summed E-state index contributed by atoms with van der Waals surface area (Å²) in [5, 5.41) is 5.45. The Hall–Kier alpha value is -2.32. The van der Waals surface area contributed by atoms with Gasteiger partial charge in [0.15, 0.2) is 11.5 Å². The zero-order valence-corrected chi connectivity index (χ0v) is 20.9. The molecular formula is C23H14Br2Cl2N2O3. The fourth-order valence-corrected chi connectivity index (χ4v) is 4.13. The zero-order chi connectivity index (χ0) is 22.7. The number of carbonyl (C=O) groups excluding carboxylic acids is 1. The van der Waals surface area contributed by atoms with Gasteiger partial charge in [-0.2, -0.15) is 5.10 Å². The molecule has 162 valence electrons. The predicted molar refractivity (Wildman–Crippen MR) is 134 cm³/mol. The number of fused-ring (bicyclic) bond motifs is 1. The minimum absolute atomic E-state index is 0.156. The van der Waals surface area contributed by atoms with Gasteiger partial charge in [-0.05, 0) is 59.7 Å². The first-order chi connectivity index (χ1) is 15.4. The van der Waals surface area contributed by atoms with Crippen LogP contribution in [-0.4, -0.2) is 12.1 Å². The van der Waals surface area contributed by atoms with Crippen molar-refractivity contribution in [1.82, 2.24) is 5.43 Å². The molecule has 1 heterocycles. The van der Waals surface area contributed by atoms with Gasteiger partial charge in [-0.1, -0.05) is 67.2 Å². The van der Waals surface area contributed by atoms with Crippen molar-refractivity contribution in [2.45, 2.75) is 6.61 Å². The summed E-state index contributed by atoms with van der Waals surface area (Å²) < 4.78 is 13.2. The Kier molecular flexibility index (Phi) is 7.20. The van der Waals surface area contributed by atoms with Crippen LogP contribution in [0.15, 0.2) is 79.1 Å². The molecule has 0 atom stereocenters. The van der Waals surface area contributed by atoms with Crippen LogP contribution in [0.2, 0.25) is 10.0 Å². The summed E-state index contributed by atoms with van der Waals surface area (Å²) in [5.74, 6) is 0.0640. The van der Waals surface area contributed by atoms with Gasteiger partial charge in [-0.15, -0.1) is 0 Å². The molecule has 1 N–H and O–H groups in total. The van der Waals surface area contributed by atoms with E-state index in [4.69, 9.17) is 32.4 Å². The molecule has 0 radical (unpaired) electrons. The van der Waals surface area contributed by atoms with Crippen LogP contribution >= 0.6 is 55.1 Å².